The first-order valence-electron chi connectivity index (χ1n) is 11.3. The van der Waals surface area contributed by atoms with Crippen molar-refractivity contribution in [3.05, 3.63) is 47.3 Å². The Morgan fingerprint density at radius 3 is 2.77 bits per heavy atom. The molecule has 5 nitrogen and oxygen atoms in total. The Labute approximate surface area is 188 Å². The van der Waals surface area contributed by atoms with E-state index in [-0.39, 0.29) is 24.0 Å². The summed E-state index contributed by atoms with van der Waals surface area (Å²) in [6.07, 6.45) is 3.76. The highest BCUT2D eigenvalue weighted by Crippen LogP contribution is 2.39. The molecule has 6 heteroatoms. The molecule has 1 N–H and O–H groups in total. The fraction of sp³-hybridized carbons (Fsp3) is 0.520. The maximum atomic E-state index is 13.4. The van der Waals surface area contributed by atoms with Gasteiger partial charge in [-0.15, -0.1) is 11.3 Å². The van der Waals surface area contributed by atoms with E-state index in [9.17, 15) is 9.59 Å². The molecule has 2 fully saturated rings. The second kappa shape index (κ2) is 9.53. The van der Waals surface area contributed by atoms with Crippen LogP contribution in [0.3, 0.4) is 0 Å². The van der Waals surface area contributed by atoms with E-state index in [1.54, 1.807) is 11.3 Å². The molecule has 31 heavy (non-hydrogen) atoms. The molecule has 0 bridgehead atoms. The van der Waals surface area contributed by atoms with Crippen LogP contribution in [-0.2, 0) is 20.7 Å². The highest BCUT2D eigenvalue weighted by Gasteiger charge is 2.47. The molecule has 2 atom stereocenters. The SMILES string of the molecule is CC(C)NC(=O)[C@]1(Cc2ccccc2-c2cccs2)CCN(C(=O)[C@H]2CCCCO2)C1. The molecule has 0 saturated carbocycles. The third-order valence-corrected chi connectivity index (χ3v) is 7.26. The summed E-state index contributed by atoms with van der Waals surface area (Å²) >= 11 is 1.71. The van der Waals surface area contributed by atoms with Gasteiger partial charge in [0, 0.05) is 30.6 Å². The van der Waals surface area contributed by atoms with Crippen molar-refractivity contribution < 1.29 is 14.3 Å². The quantitative estimate of drug-likeness (QED) is 0.730. The minimum absolute atomic E-state index is 0.0448. The van der Waals surface area contributed by atoms with Crippen LogP contribution in [0.15, 0.2) is 41.8 Å². The number of rotatable bonds is 6. The van der Waals surface area contributed by atoms with E-state index in [1.165, 1.54) is 10.4 Å². The molecule has 166 valence electrons. The maximum Gasteiger partial charge on any atom is 0.251 e. The van der Waals surface area contributed by atoms with E-state index in [4.69, 9.17) is 4.74 Å². The van der Waals surface area contributed by atoms with Crippen LogP contribution in [0.4, 0.5) is 0 Å². The molecule has 2 aliphatic rings. The van der Waals surface area contributed by atoms with Gasteiger partial charge in [-0.05, 0) is 68.5 Å². The smallest absolute Gasteiger partial charge is 0.251 e. The Hall–Kier alpha value is -2.18. The molecule has 3 heterocycles. The van der Waals surface area contributed by atoms with Crippen LogP contribution in [0.2, 0.25) is 0 Å². The lowest BCUT2D eigenvalue weighted by Gasteiger charge is -2.31. The van der Waals surface area contributed by atoms with Crippen molar-refractivity contribution in [2.45, 2.75) is 58.1 Å². The van der Waals surface area contributed by atoms with Crippen molar-refractivity contribution in [2.75, 3.05) is 19.7 Å². The number of benzene rings is 1. The first-order valence-corrected chi connectivity index (χ1v) is 12.2. The Kier molecular flexibility index (Phi) is 6.77. The first-order chi connectivity index (χ1) is 15.0. The zero-order chi connectivity index (χ0) is 21.8. The van der Waals surface area contributed by atoms with Crippen molar-refractivity contribution in [3.8, 4) is 10.4 Å². The zero-order valence-corrected chi connectivity index (χ0v) is 19.2. The third kappa shape index (κ3) is 4.85. The molecule has 1 aromatic carbocycles. The second-order valence-electron chi connectivity index (χ2n) is 9.08. The molecule has 0 aliphatic carbocycles. The molecule has 2 amide bonds. The lowest BCUT2D eigenvalue weighted by atomic mass is 9.78. The fourth-order valence-electron chi connectivity index (χ4n) is 4.74. The number of nitrogens with zero attached hydrogens (tertiary/aromatic N) is 1. The highest BCUT2D eigenvalue weighted by atomic mass is 32.1. The van der Waals surface area contributed by atoms with Crippen molar-refractivity contribution in [1.29, 1.82) is 0 Å². The van der Waals surface area contributed by atoms with E-state index in [0.717, 1.165) is 24.8 Å². The number of nitrogens with one attached hydrogen (secondary N) is 1. The topological polar surface area (TPSA) is 58.6 Å². The number of thiophene rings is 1. The number of likely N-dealkylation sites (tertiary alicyclic amines) is 1. The predicted molar refractivity (Wildman–Crippen MR) is 124 cm³/mol. The second-order valence-corrected chi connectivity index (χ2v) is 10.0. The number of hydrogen-bond donors (Lipinski definition) is 1. The van der Waals surface area contributed by atoms with E-state index < -0.39 is 5.41 Å². The van der Waals surface area contributed by atoms with Crippen LogP contribution in [-0.4, -0.2) is 48.6 Å². The van der Waals surface area contributed by atoms with Crippen LogP contribution in [0.1, 0.15) is 45.1 Å². The molecule has 0 radical (unpaired) electrons. The van der Waals surface area contributed by atoms with Gasteiger partial charge in [0.15, 0.2) is 0 Å². The first kappa shape index (κ1) is 22.0. The van der Waals surface area contributed by atoms with E-state index in [2.05, 4.69) is 35.0 Å². The average Bonchev–Trinajstić information content (AvgIpc) is 3.45. The summed E-state index contributed by atoms with van der Waals surface area (Å²) in [4.78, 5) is 29.6. The Morgan fingerprint density at radius 1 is 1.23 bits per heavy atom. The summed E-state index contributed by atoms with van der Waals surface area (Å²) in [7, 11) is 0. The molecule has 0 spiro atoms. The van der Waals surface area contributed by atoms with Gasteiger partial charge in [-0.1, -0.05) is 30.3 Å². The summed E-state index contributed by atoms with van der Waals surface area (Å²) in [6, 6.07) is 12.6. The van der Waals surface area contributed by atoms with Gasteiger partial charge in [-0.3, -0.25) is 9.59 Å². The summed E-state index contributed by atoms with van der Waals surface area (Å²) < 4.78 is 5.74. The Bertz CT molecular complexity index is 905. The van der Waals surface area contributed by atoms with Gasteiger partial charge >= 0.3 is 0 Å². The number of carbonyl (C=O) groups is 2. The third-order valence-electron chi connectivity index (χ3n) is 6.35. The number of carbonyl (C=O) groups excluding carboxylic acids is 2. The van der Waals surface area contributed by atoms with E-state index >= 15 is 0 Å². The van der Waals surface area contributed by atoms with Crippen molar-refractivity contribution in [1.82, 2.24) is 10.2 Å². The fourth-order valence-corrected chi connectivity index (χ4v) is 5.52. The molecule has 2 saturated heterocycles. The largest absolute Gasteiger partial charge is 0.368 e. The number of amides is 2. The van der Waals surface area contributed by atoms with Crippen LogP contribution in [0.25, 0.3) is 10.4 Å². The van der Waals surface area contributed by atoms with Gasteiger partial charge in [-0.25, -0.2) is 0 Å². The van der Waals surface area contributed by atoms with Crippen LogP contribution >= 0.6 is 11.3 Å². The van der Waals surface area contributed by atoms with Gasteiger partial charge in [0.2, 0.25) is 5.91 Å². The Balaban J connectivity index is 1.60. The summed E-state index contributed by atoms with van der Waals surface area (Å²) in [6.45, 7) is 5.67. The molecular weight excluding hydrogens is 408 g/mol. The van der Waals surface area contributed by atoms with Crippen LogP contribution < -0.4 is 5.32 Å². The molecule has 1 aromatic heterocycles. The number of hydrogen-bond acceptors (Lipinski definition) is 4. The molecule has 4 rings (SSSR count). The standard InChI is InChI=1S/C25H32N2O3S/c1-18(2)26-24(29)25(12-13-27(17-25)23(28)21-10-5-6-14-30-21)16-19-8-3-4-9-20(19)22-11-7-15-31-22/h3-4,7-9,11,15,18,21H,5-6,10,12-14,16-17H2,1-2H3,(H,26,29)/t21-,25+/m1/s1. The molecule has 2 aliphatic heterocycles. The van der Waals surface area contributed by atoms with Crippen LogP contribution in [0, 0.1) is 5.41 Å². The van der Waals surface area contributed by atoms with Crippen molar-refractivity contribution in [2.24, 2.45) is 5.41 Å². The van der Waals surface area contributed by atoms with Gasteiger partial charge in [0.1, 0.15) is 6.10 Å². The summed E-state index contributed by atoms with van der Waals surface area (Å²) in [5, 5.41) is 5.21. The summed E-state index contributed by atoms with van der Waals surface area (Å²) in [5.41, 5.74) is 1.71. The minimum atomic E-state index is -0.623. The lowest BCUT2D eigenvalue weighted by Crippen LogP contribution is -2.48. The monoisotopic (exact) mass is 440 g/mol. The summed E-state index contributed by atoms with van der Waals surface area (Å²) in [5.74, 6) is 0.0915. The van der Waals surface area contributed by atoms with Gasteiger partial charge < -0.3 is 15.0 Å². The average molecular weight is 441 g/mol. The van der Waals surface area contributed by atoms with E-state index in [1.807, 2.05) is 30.9 Å². The normalized spacial score (nSPS) is 23.8. The molecular formula is C25H32N2O3S. The van der Waals surface area contributed by atoms with Crippen molar-refractivity contribution in [3.63, 3.8) is 0 Å². The number of ether oxygens (including phenoxy) is 1. The molecule has 2 aromatic rings. The Morgan fingerprint density at radius 2 is 2.06 bits per heavy atom. The van der Waals surface area contributed by atoms with Gasteiger partial charge in [0.05, 0.1) is 5.41 Å². The van der Waals surface area contributed by atoms with Gasteiger partial charge in [-0.2, -0.15) is 0 Å². The maximum absolute atomic E-state index is 13.4. The van der Waals surface area contributed by atoms with Crippen molar-refractivity contribution >= 4 is 23.2 Å². The lowest BCUT2D eigenvalue weighted by molar-refractivity contribution is -0.146. The van der Waals surface area contributed by atoms with E-state index in [0.29, 0.717) is 32.5 Å². The minimum Gasteiger partial charge on any atom is -0.368 e. The molecule has 0 unspecified atom stereocenters. The zero-order valence-electron chi connectivity index (χ0n) is 18.4. The van der Waals surface area contributed by atoms with Gasteiger partial charge in [0.25, 0.3) is 5.91 Å². The van der Waals surface area contributed by atoms with Crippen LogP contribution in [0.5, 0.6) is 0 Å². The predicted octanol–water partition coefficient (Wildman–Crippen LogP) is 4.27. The highest BCUT2D eigenvalue weighted by molar-refractivity contribution is 7.13.